The van der Waals surface area contributed by atoms with E-state index in [2.05, 4.69) is 16.0 Å². The lowest BCUT2D eigenvalue weighted by atomic mass is 9.82. The molecule has 3 amide bonds. The van der Waals surface area contributed by atoms with Crippen LogP contribution in [0.2, 0.25) is 0 Å². The predicted molar refractivity (Wildman–Crippen MR) is 101 cm³/mol. The number of benzene rings is 1. The van der Waals surface area contributed by atoms with Crippen molar-refractivity contribution in [2.24, 2.45) is 11.8 Å². The van der Waals surface area contributed by atoms with E-state index >= 15 is 0 Å². The van der Waals surface area contributed by atoms with Gasteiger partial charge in [0, 0.05) is 25.2 Å². The third kappa shape index (κ3) is 6.77. The Bertz CT molecular complexity index is 549. The summed E-state index contributed by atoms with van der Waals surface area (Å²) in [6, 6.07) is 7.61. The van der Waals surface area contributed by atoms with Gasteiger partial charge in [-0.15, -0.1) is 0 Å². The SMILES string of the molecule is CCCNC(=O)NCC1CCC(CNC(=O)c2ccc(C)cc2)CC1. The topological polar surface area (TPSA) is 70.2 Å². The van der Waals surface area contributed by atoms with Crippen LogP contribution in [0.15, 0.2) is 24.3 Å². The molecule has 0 heterocycles. The average Bonchev–Trinajstić information content (AvgIpc) is 2.64. The summed E-state index contributed by atoms with van der Waals surface area (Å²) in [6.45, 7) is 6.27. The lowest BCUT2D eigenvalue weighted by Gasteiger charge is -2.28. The predicted octanol–water partition coefficient (Wildman–Crippen LogP) is 3.24. The standard InChI is InChI=1S/C20H31N3O2/c1-3-12-21-20(25)23-14-17-8-6-16(7-9-17)13-22-19(24)18-10-4-15(2)5-11-18/h4-5,10-11,16-17H,3,6-9,12-14H2,1-2H3,(H,22,24)(H2,21,23,25). The van der Waals surface area contributed by atoms with Crippen LogP contribution in [0, 0.1) is 18.8 Å². The number of rotatable bonds is 7. The number of carbonyl (C=O) groups excluding carboxylic acids is 2. The van der Waals surface area contributed by atoms with E-state index in [1.54, 1.807) is 0 Å². The number of hydrogen-bond donors (Lipinski definition) is 3. The van der Waals surface area contributed by atoms with Gasteiger partial charge in [-0.2, -0.15) is 0 Å². The lowest BCUT2D eigenvalue weighted by molar-refractivity contribution is 0.0941. The number of nitrogens with one attached hydrogen (secondary N) is 3. The van der Waals surface area contributed by atoms with Gasteiger partial charge in [0.2, 0.25) is 0 Å². The molecule has 0 unspecified atom stereocenters. The molecule has 0 atom stereocenters. The molecule has 1 aromatic rings. The minimum Gasteiger partial charge on any atom is -0.352 e. The number of hydrogen-bond acceptors (Lipinski definition) is 2. The van der Waals surface area contributed by atoms with Crippen LogP contribution in [0.4, 0.5) is 4.79 Å². The van der Waals surface area contributed by atoms with Crippen molar-refractivity contribution in [3.05, 3.63) is 35.4 Å². The van der Waals surface area contributed by atoms with Gasteiger partial charge < -0.3 is 16.0 Å². The van der Waals surface area contributed by atoms with Crippen LogP contribution in [0.1, 0.15) is 54.9 Å². The second-order valence-corrected chi connectivity index (χ2v) is 7.10. The van der Waals surface area contributed by atoms with Gasteiger partial charge in [-0.3, -0.25) is 4.79 Å². The van der Waals surface area contributed by atoms with Gasteiger partial charge in [0.1, 0.15) is 0 Å². The fraction of sp³-hybridized carbons (Fsp3) is 0.600. The van der Waals surface area contributed by atoms with Crippen LogP contribution >= 0.6 is 0 Å². The van der Waals surface area contributed by atoms with Gasteiger partial charge in [0.25, 0.3) is 5.91 Å². The van der Waals surface area contributed by atoms with E-state index < -0.39 is 0 Å². The summed E-state index contributed by atoms with van der Waals surface area (Å²) in [4.78, 5) is 23.7. The van der Waals surface area contributed by atoms with Gasteiger partial charge in [-0.05, 0) is 63.0 Å². The van der Waals surface area contributed by atoms with Crippen molar-refractivity contribution in [1.82, 2.24) is 16.0 Å². The van der Waals surface area contributed by atoms with Crippen molar-refractivity contribution < 1.29 is 9.59 Å². The summed E-state index contributed by atoms with van der Waals surface area (Å²) in [5.41, 5.74) is 1.88. The first-order chi connectivity index (χ1) is 12.1. The van der Waals surface area contributed by atoms with E-state index in [0.717, 1.165) is 62.9 Å². The molecule has 0 saturated heterocycles. The van der Waals surface area contributed by atoms with Gasteiger partial charge in [-0.1, -0.05) is 24.6 Å². The summed E-state index contributed by atoms with van der Waals surface area (Å²) in [5, 5.41) is 8.85. The summed E-state index contributed by atoms with van der Waals surface area (Å²) < 4.78 is 0. The normalized spacial score (nSPS) is 19.9. The highest BCUT2D eigenvalue weighted by Gasteiger charge is 2.22. The van der Waals surface area contributed by atoms with Crippen molar-refractivity contribution in [3.63, 3.8) is 0 Å². The highest BCUT2D eigenvalue weighted by Crippen LogP contribution is 2.28. The highest BCUT2D eigenvalue weighted by atomic mass is 16.2. The van der Waals surface area contributed by atoms with Crippen LogP contribution < -0.4 is 16.0 Å². The van der Waals surface area contributed by atoms with E-state index in [-0.39, 0.29) is 11.9 Å². The third-order valence-electron chi connectivity index (χ3n) is 4.92. The molecule has 1 aromatic carbocycles. The Morgan fingerprint density at radius 3 is 2.04 bits per heavy atom. The van der Waals surface area contributed by atoms with Crippen LogP contribution in [0.25, 0.3) is 0 Å². The van der Waals surface area contributed by atoms with Gasteiger partial charge in [0.05, 0.1) is 0 Å². The van der Waals surface area contributed by atoms with E-state index in [1.807, 2.05) is 38.1 Å². The van der Waals surface area contributed by atoms with Gasteiger partial charge in [0.15, 0.2) is 0 Å². The van der Waals surface area contributed by atoms with Crippen molar-refractivity contribution in [2.75, 3.05) is 19.6 Å². The average molecular weight is 345 g/mol. The Morgan fingerprint density at radius 2 is 1.48 bits per heavy atom. The molecule has 1 aliphatic carbocycles. The molecule has 1 fully saturated rings. The van der Waals surface area contributed by atoms with Crippen molar-refractivity contribution in [1.29, 1.82) is 0 Å². The Kier molecular flexibility index (Phi) is 7.76. The van der Waals surface area contributed by atoms with Crippen LogP contribution in [-0.2, 0) is 0 Å². The molecule has 0 aromatic heterocycles. The maximum atomic E-state index is 12.2. The molecule has 1 aliphatic rings. The molecule has 5 heteroatoms. The molecular weight excluding hydrogens is 314 g/mol. The molecule has 1 saturated carbocycles. The van der Waals surface area contributed by atoms with Crippen LogP contribution in [0.5, 0.6) is 0 Å². The van der Waals surface area contributed by atoms with Crippen molar-refractivity contribution in [2.45, 2.75) is 46.0 Å². The maximum Gasteiger partial charge on any atom is 0.314 e. The Balaban J connectivity index is 1.62. The minimum atomic E-state index is -0.0608. The molecule has 3 N–H and O–H groups in total. The molecule has 138 valence electrons. The van der Waals surface area contributed by atoms with E-state index in [1.165, 1.54) is 0 Å². The third-order valence-corrected chi connectivity index (χ3v) is 4.92. The van der Waals surface area contributed by atoms with Gasteiger partial charge in [-0.25, -0.2) is 4.79 Å². The summed E-state index contributed by atoms with van der Waals surface area (Å²) in [7, 11) is 0. The van der Waals surface area contributed by atoms with E-state index in [0.29, 0.717) is 11.8 Å². The quantitative estimate of drug-likeness (QED) is 0.710. The molecule has 25 heavy (non-hydrogen) atoms. The Morgan fingerprint density at radius 1 is 0.920 bits per heavy atom. The van der Waals surface area contributed by atoms with Crippen molar-refractivity contribution in [3.8, 4) is 0 Å². The monoisotopic (exact) mass is 345 g/mol. The smallest absolute Gasteiger partial charge is 0.314 e. The Hall–Kier alpha value is -2.04. The Labute approximate surface area is 151 Å². The van der Waals surface area contributed by atoms with Crippen LogP contribution in [-0.4, -0.2) is 31.6 Å². The number of amides is 3. The largest absolute Gasteiger partial charge is 0.352 e. The number of urea groups is 1. The molecule has 0 aliphatic heterocycles. The zero-order chi connectivity index (χ0) is 18.1. The summed E-state index contributed by atoms with van der Waals surface area (Å²) in [5.74, 6) is 1.10. The van der Waals surface area contributed by atoms with E-state index in [9.17, 15) is 9.59 Å². The summed E-state index contributed by atoms with van der Waals surface area (Å²) in [6.07, 6.45) is 5.39. The van der Waals surface area contributed by atoms with E-state index in [4.69, 9.17) is 0 Å². The highest BCUT2D eigenvalue weighted by molar-refractivity contribution is 5.94. The maximum absolute atomic E-state index is 12.2. The first-order valence-electron chi connectivity index (χ1n) is 9.45. The number of aryl methyl sites for hydroxylation is 1. The second-order valence-electron chi connectivity index (χ2n) is 7.10. The minimum absolute atomic E-state index is 0.0105. The first-order valence-corrected chi connectivity index (χ1v) is 9.45. The fourth-order valence-electron chi connectivity index (χ4n) is 3.22. The zero-order valence-electron chi connectivity index (χ0n) is 15.4. The fourth-order valence-corrected chi connectivity index (χ4v) is 3.22. The number of carbonyl (C=O) groups is 2. The summed E-state index contributed by atoms with van der Waals surface area (Å²) >= 11 is 0. The lowest BCUT2D eigenvalue weighted by Crippen LogP contribution is -2.39. The molecule has 0 radical (unpaired) electrons. The molecule has 2 rings (SSSR count). The first kappa shape index (κ1) is 19.3. The van der Waals surface area contributed by atoms with Crippen LogP contribution in [0.3, 0.4) is 0 Å². The molecular formula is C20H31N3O2. The van der Waals surface area contributed by atoms with Crippen molar-refractivity contribution >= 4 is 11.9 Å². The zero-order valence-corrected chi connectivity index (χ0v) is 15.4. The molecule has 0 bridgehead atoms. The molecule has 0 spiro atoms. The second kappa shape index (κ2) is 10.1. The van der Waals surface area contributed by atoms with Gasteiger partial charge >= 0.3 is 6.03 Å². The molecule has 5 nitrogen and oxygen atoms in total.